The molecule has 1 aliphatic rings. The number of amides is 3. The molecule has 1 aliphatic heterocycles. The van der Waals surface area contributed by atoms with E-state index in [9.17, 15) is 9.59 Å². The molecule has 0 aromatic rings. The lowest BCUT2D eigenvalue weighted by Crippen LogP contribution is -2.45. The predicted molar refractivity (Wildman–Crippen MR) is 53.9 cm³/mol. The van der Waals surface area contributed by atoms with Gasteiger partial charge in [0.2, 0.25) is 5.91 Å². The molecule has 4 nitrogen and oxygen atoms in total. The first-order chi connectivity index (χ1) is 6.74. The zero-order chi connectivity index (χ0) is 10.4. The zero-order valence-electron chi connectivity index (χ0n) is 8.71. The number of carbonyl (C=O) groups excluding carboxylic acids is 2. The van der Waals surface area contributed by atoms with Crippen LogP contribution in [0.5, 0.6) is 0 Å². The molecule has 1 heterocycles. The number of piperidine rings is 1. The Balaban J connectivity index is 2.29. The van der Waals surface area contributed by atoms with Crippen LogP contribution in [0, 0.1) is 0 Å². The third kappa shape index (κ3) is 3.36. The Labute approximate surface area is 84.7 Å². The molecule has 1 fully saturated rings. The minimum atomic E-state index is -0.219. The van der Waals surface area contributed by atoms with Crippen LogP contribution in [0.4, 0.5) is 4.79 Å². The third-order valence-corrected chi connectivity index (χ3v) is 2.37. The first kappa shape index (κ1) is 11.0. The fraction of sp³-hybridized carbons (Fsp3) is 0.800. The number of urea groups is 1. The van der Waals surface area contributed by atoms with Gasteiger partial charge in [0.15, 0.2) is 0 Å². The van der Waals surface area contributed by atoms with Gasteiger partial charge in [-0.25, -0.2) is 4.79 Å². The molecule has 80 valence electrons. The minimum absolute atomic E-state index is 0.164. The number of hydrogen-bond donors (Lipinski definition) is 1. The van der Waals surface area contributed by atoms with Gasteiger partial charge in [-0.1, -0.05) is 6.92 Å². The third-order valence-electron chi connectivity index (χ3n) is 2.37. The van der Waals surface area contributed by atoms with E-state index >= 15 is 0 Å². The molecule has 1 rings (SSSR count). The maximum atomic E-state index is 11.5. The van der Waals surface area contributed by atoms with Crippen molar-refractivity contribution in [1.29, 1.82) is 0 Å². The zero-order valence-corrected chi connectivity index (χ0v) is 8.71. The Morgan fingerprint density at radius 1 is 1.21 bits per heavy atom. The highest BCUT2D eigenvalue weighted by Gasteiger charge is 2.17. The molecule has 0 saturated carbocycles. The van der Waals surface area contributed by atoms with Crippen LogP contribution in [0.25, 0.3) is 0 Å². The van der Waals surface area contributed by atoms with Gasteiger partial charge in [0, 0.05) is 19.5 Å². The second kappa shape index (κ2) is 5.62. The number of nitrogens with zero attached hydrogens (tertiary/aromatic N) is 1. The van der Waals surface area contributed by atoms with Crippen molar-refractivity contribution in [3.05, 3.63) is 0 Å². The lowest BCUT2D eigenvalue weighted by atomic mass is 10.1. The van der Waals surface area contributed by atoms with E-state index in [2.05, 4.69) is 5.32 Å². The van der Waals surface area contributed by atoms with E-state index in [0.29, 0.717) is 6.42 Å². The van der Waals surface area contributed by atoms with E-state index in [0.717, 1.165) is 32.4 Å². The van der Waals surface area contributed by atoms with Crippen molar-refractivity contribution in [2.75, 3.05) is 13.1 Å². The Hall–Kier alpha value is -1.06. The Kier molecular flexibility index (Phi) is 4.43. The number of hydrogen-bond acceptors (Lipinski definition) is 2. The number of rotatable bonds is 2. The molecule has 1 N–H and O–H groups in total. The fourth-order valence-corrected chi connectivity index (χ4v) is 1.58. The highest BCUT2D eigenvalue weighted by Crippen LogP contribution is 2.08. The summed E-state index contributed by atoms with van der Waals surface area (Å²) < 4.78 is 0. The molecule has 0 aromatic heterocycles. The summed E-state index contributed by atoms with van der Waals surface area (Å²) >= 11 is 0. The van der Waals surface area contributed by atoms with Crippen LogP contribution in [-0.2, 0) is 4.79 Å². The van der Waals surface area contributed by atoms with Gasteiger partial charge in [0.05, 0.1) is 0 Å². The highest BCUT2D eigenvalue weighted by molar-refractivity contribution is 5.94. The summed E-state index contributed by atoms with van der Waals surface area (Å²) in [6, 6.07) is -0.219. The molecular weight excluding hydrogens is 180 g/mol. The second-order valence-electron chi connectivity index (χ2n) is 3.65. The normalized spacial score (nSPS) is 16.5. The number of likely N-dealkylation sites (tertiary alicyclic amines) is 1. The first-order valence-corrected chi connectivity index (χ1v) is 5.32. The lowest BCUT2D eigenvalue weighted by molar-refractivity contribution is -0.120. The average molecular weight is 198 g/mol. The van der Waals surface area contributed by atoms with Gasteiger partial charge in [-0.05, 0) is 25.7 Å². The van der Waals surface area contributed by atoms with Gasteiger partial charge in [-0.2, -0.15) is 0 Å². The van der Waals surface area contributed by atoms with Gasteiger partial charge in [0.1, 0.15) is 0 Å². The van der Waals surface area contributed by atoms with Crippen LogP contribution in [0.3, 0.4) is 0 Å². The predicted octanol–water partition coefficient (Wildman–Crippen LogP) is 1.51. The molecule has 0 radical (unpaired) electrons. The summed E-state index contributed by atoms with van der Waals surface area (Å²) in [7, 11) is 0. The Morgan fingerprint density at radius 2 is 1.86 bits per heavy atom. The summed E-state index contributed by atoms with van der Waals surface area (Å²) in [5, 5.41) is 2.40. The number of nitrogens with one attached hydrogen (secondary N) is 1. The average Bonchev–Trinajstić information content (AvgIpc) is 2.19. The first-order valence-electron chi connectivity index (χ1n) is 5.32. The van der Waals surface area contributed by atoms with Crippen molar-refractivity contribution in [1.82, 2.24) is 10.2 Å². The molecule has 0 atom stereocenters. The maximum absolute atomic E-state index is 11.5. The number of carbonyl (C=O) groups is 2. The molecule has 14 heavy (non-hydrogen) atoms. The summed E-state index contributed by atoms with van der Waals surface area (Å²) in [5.41, 5.74) is 0. The van der Waals surface area contributed by atoms with E-state index < -0.39 is 0 Å². The SMILES string of the molecule is CCCC(=O)NC(=O)N1CCCCC1. The maximum Gasteiger partial charge on any atom is 0.324 e. The van der Waals surface area contributed by atoms with Crippen molar-refractivity contribution < 1.29 is 9.59 Å². The van der Waals surface area contributed by atoms with E-state index in [1.807, 2.05) is 6.92 Å². The van der Waals surface area contributed by atoms with E-state index in [-0.39, 0.29) is 11.9 Å². The van der Waals surface area contributed by atoms with E-state index in [4.69, 9.17) is 0 Å². The molecule has 0 spiro atoms. The van der Waals surface area contributed by atoms with Crippen molar-refractivity contribution >= 4 is 11.9 Å². The van der Waals surface area contributed by atoms with Crippen molar-refractivity contribution in [2.24, 2.45) is 0 Å². The van der Waals surface area contributed by atoms with Crippen LogP contribution in [0.2, 0.25) is 0 Å². The van der Waals surface area contributed by atoms with Crippen molar-refractivity contribution in [3.63, 3.8) is 0 Å². The van der Waals surface area contributed by atoms with Crippen molar-refractivity contribution in [2.45, 2.75) is 39.0 Å². The quantitative estimate of drug-likeness (QED) is 0.731. The fourth-order valence-electron chi connectivity index (χ4n) is 1.58. The number of imide groups is 1. The molecular formula is C10H18N2O2. The van der Waals surface area contributed by atoms with Crippen LogP contribution in [0.15, 0.2) is 0 Å². The minimum Gasteiger partial charge on any atom is -0.324 e. The molecule has 4 heteroatoms. The molecule has 0 unspecified atom stereocenters. The van der Waals surface area contributed by atoms with Gasteiger partial charge in [0.25, 0.3) is 0 Å². The standard InChI is InChI=1S/C10H18N2O2/c1-2-6-9(13)11-10(14)12-7-4-3-5-8-12/h2-8H2,1H3,(H,11,13,14). The largest absolute Gasteiger partial charge is 0.324 e. The van der Waals surface area contributed by atoms with Gasteiger partial charge in [-0.15, -0.1) is 0 Å². The lowest BCUT2D eigenvalue weighted by Gasteiger charge is -2.26. The highest BCUT2D eigenvalue weighted by atomic mass is 16.2. The van der Waals surface area contributed by atoms with E-state index in [1.165, 1.54) is 6.42 Å². The topological polar surface area (TPSA) is 49.4 Å². The summed E-state index contributed by atoms with van der Waals surface area (Å²) in [6.07, 6.45) is 4.50. The van der Waals surface area contributed by atoms with Gasteiger partial charge >= 0.3 is 6.03 Å². The smallest absolute Gasteiger partial charge is 0.324 e. The monoisotopic (exact) mass is 198 g/mol. The van der Waals surface area contributed by atoms with Crippen LogP contribution in [0.1, 0.15) is 39.0 Å². The van der Waals surface area contributed by atoms with Gasteiger partial charge < -0.3 is 4.90 Å². The van der Waals surface area contributed by atoms with Crippen LogP contribution in [-0.4, -0.2) is 29.9 Å². The molecule has 0 bridgehead atoms. The molecule has 3 amide bonds. The molecule has 0 aliphatic carbocycles. The summed E-state index contributed by atoms with van der Waals surface area (Å²) in [6.45, 7) is 3.49. The summed E-state index contributed by atoms with van der Waals surface area (Å²) in [4.78, 5) is 24.3. The van der Waals surface area contributed by atoms with Gasteiger partial charge in [-0.3, -0.25) is 10.1 Å². The van der Waals surface area contributed by atoms with E-state index in [1.54, 1.807) is 4.90 Å². The molecule has 1 saturated heterocycles. The molecule has 0 aromatic carbocycles. The van der Waals surface area contributed by atoms with Crippen LogP contribution < -0.4 is 5.32 Å². The van der Waals surface area contributed by atoms with Crippen molar-refractivity contribution in [3.8, 4) is 0 Å². The Bertz CT molecular complexity index is 210. The summed E-state index contributed by atoms with van der Waals surface area (Å²) in [5.74, 6) is -0.164. The second-order valence-corrected chi connectivity index (χ2v) is 3.65. The van der Waals surface area contributed by atoms with Crippen LogP contribution >= 0.6 is 0 Å². The Morgan fingerprint density at radius 3 is 2.43 bits per heavy atom.